The quantitative estimate of drug-likeness (QED) is 0.615. The maximum atomic E-state index is 11.2. The molecule has 0 spiro atoms. The van der Waals surface area contributed by atoms with Crippen LogP contribution >= 0.6 is 34.8 Å². The number of rotatable bonds is 0. The lowest BCUT2D eigenvalue weighted by Gasteiger charge is -2.21. The molecule has 0 bridgehead atoms. The van der Waals surface area contributed by atoms with E-state index in [0.717, 1.165) is 0 Å². The summed E-state index contributed by atoms with van der Waals surface area (Å²) in [6.45, 7) is 0. The molecule has 8 heteroatoms. The van der Waals surface area contributed by atoms with E-state index in [9.17, 15) is 8.42 Å². The number of alkyl halides is 3. The molecule has 2 N–H and O–H groups in total. The van der Waals surface area contributed by atoms with Crippen LogP contribution in [0.5, 0.6) is 0 Å². The van der Waals surface area contributed by atoms with Crippen molar-refractivity contribution in [3.05, 3.63) is 0 Å². The number of hydrogen-bond acceptors (Lipinski definition) is 4. The fourth-order valence-electron chi connectivity index (χ4n) is 1.84. The highest BCUT2D eigenvalue weighted by Gasteiger charge is 2.49. The molecule has 2 atom stereocenters. The van der Waals surface area contributed by atoms with Gasteiger partial charge in [-0.2, -0.15) is 0 Å². The molecular formula is C6H9Cl3N2O2S. The smallest absolute Gasteiger partial charge is 0.218 e. The summed E-state index contributed by atoms with van der Waals surface area (Å²) in [6.07, 6.45) is -0.474. The summed E-state index contributed by atoms with van der Waals surface area (Å²) in [4.78, 5) is 0. The largest absolute Gasteiger partial charge is 0.293 e. The first-order chi connectivity index (χ1) is 6.28. The van der Waals surface area contributed by atoms with E-state index >= 15 is 0 Å². The zero-order valence-electron chi connectivity index (χ0n) is 7.00. The van der Waals surface area contributed by atoms with Gasteiger partial charge in [-0.25, -0.2) is 8.42 Å². The van der Waals surface area contributed by atoms with Gasteiger partial charge in [0.1, 0.15) is 6.17 Å². The van der Waals surface area contributed by atoms with E-state index in [1.807, 2.05) is 0 Å². The molecule has 2 aliphatic rings. The molecule has 0 aromatic heterocycles. The van der Waals surface area contributed by atoms with Crippen molar-refractivity contribution in [1.82, 2.24) is 10.6 Å². The summed E-state index contributed by atoms with van der Waals surface area (Å²) in [5, 5.41) is 5.92. The second-order valence-electron chi connectivity index (χ2n) is 3.60. The average Bonchev–Trinajstić information content (AvgIpc) is 2.37. The standard InChI is InChI=1S/C6H9Cl3N2O2S/c7-6(8,9)5-10-3-1-14(12,13)2-4(3)11-5/h3-5,10-11H,1-2H2/t3-,4-/m0/s1. The van der Waals surface area contributed by atoms with Gasteiger partial charge >= 0.3 is 0 Å². The highest BCUT2D eigenvalue weighted by atomic mass is 35.6. The van der Waals surface area contributed by atoms with Gasteiger partial charge in [-0.1, -0.05) is 34.8 Å². The van der Waals surface area contributed by atoms with Crippen molar-refractivity contribution in [2.24, 2.45) is 0 Å². The maximum absolute atomic E-state index is 11.2. The molecule has 0 aromatic carbocycles. The lowest BCUT2D eigenvalue weighted by molar-refractivity contribution is 0.528. The first kappa shape index (κ1) is 11.2. The van der Waals surface area contributed by atoms with Crippen LogP contribution in [0.15, 0.2) is 0 Å². The molecule has 2 saturated heterocycles. The third-order valence-corrected chi connectivity index (χ3v) is 4.83. The van der Waals surface area contributed by atoms with Gasteiger partial charge in [0.2, 0.25) is 3.79 Å². The number of sulfone groups is 1. The van der Waals surface area contributed by atoms with Crippen molar-refractivity contribution < 1.29 is 8.42 Å². The van der Waals surface area contributed by atoms with Crippen LogP contribution in [0.2, 0.25) is 0 Å². The second kappa shape index (κ2) is 3.37. The normalized spacial score (nSPS) is 37.4. The Bertz CT molecular complexity index is 319. The number of hydrogen-bond donors (Lipinski definition) is 2. The third-order valence-electron chi connectivity index (χ3n) is 2.44. The Labute approximate surface area is 97.2 Å². The number of nitrogens with one attached hydrogen (secondary N) is 2. The molecule has 0 saturated carbocycles. The Morgan fingerprint density at radius 2 is 1.50 bits per heavy atom. The fourth-order valence-corrected chi connectivity index (χ4v) is 4.11. The lowest BCUT2D eigenvalue weighted by atomic mass is 10.2. The van der Waals surface area contributed by atoms with Gasteiger partial charge in [0.25, 0.3) is 0 Å². The zero-order valence-corrected chi connectivity index (χ0v) is 10.1. The third kappa shape index (κ3) is 2.13. The Morgan fingerprint density at radius 3 is 1.86 bits per heavy atom. The molecule has 4 nitrogen and oxygen atoms in total. The Kier molecular flexibility index (Phi) is 2.70. The average molecular weight is 280 g/mol. The first-order valence-corrected chi connectivity index (χ1v) is 7.03. The fraction of sp³-hybridized carbons (Fsp3) is 1.00. The van der Waals surface area contributed by atoms with Gasteiger partial charge in [-0.15, -0.1) is 0 Å². The van der Waals surface area contributed by atoms with Crippen molar-refractivity contribution in [2.45, 2.75) is 22.0 Å². The zero-order chi connectivity index (χ0) is 10.6. The summed E-state index contributed by atoms with van der Waals surface area (Å²) >= 11 is 17.0. The van der Waals surface area contributed by atoms with Crippen LogP contribution in [-0.4, -0.2) is 42.0 Å². The van der Waals surface area contributed by atoms with Gasteiger partial charge in [0, 0.05) is 12.1 Å². The van der Waals surface area contributed by atoms with Crippen molar-refractivity contribution in [3.63, 3.8) is 0 Å². The topological polar surface area (TPSA) is 58.2 Å². The maximum Gasteiger partial charge on any atom is 0.218 e. The number of halogens is 3. The Hall–Kier alpha value is 0.740. The minimum Gasteiger partial charge on any atom is -0.293 e. The van der Waals surface area contributed by atoms with Crippen LogP contribution in [0.1, 0.15) is 0 Å². The molecule has 0 amide bonds. The Morgan fingerprint density at radius 1 is 1.07 bits per heavy atom. The molecule has 2 aliphatic heterocycles. The van der Waals surface area contributed by atoms with Crippen LogP contribution in [0.3, 0.4) is 0 Å². The lowest BCUT2D eigenvalue weighted by Crippen LogP contribution is -2.46. The van der Waals surface area contributed by atoms with Crippen molar-refractivity contribution in [1.29, 1.82) is 0 Å². The van der Waals surface area contributed by atoms with E-state index in [1.54, 1.807) is 0 Å². The molecule has 0 unspecified atom stereocenters. The van der Waals surface area contributed by atoms with Crippen molar-refractivity contribution >= 4 is 44.6 Å². The molecule has 14 heavy (non-hydrogen) atoms. The van der Waals surface area contributed by atoms with E-state index in [2.05, 4.69) is 10.6 Å². The van der Waals surface area contributed by atoms with Gasteiger partial charge in [0.05, 0.1) is 11.5 Å². The number of fused-ring (bicyclic) bond motifs is 1. The highest BCUT2D eigenvalue weighted by molar-refractivity contribution is 7.91. The van der Waals surface area contributed by atoms with Gasteiger partial charge in [-0.05, 0) is 0 Å². The van der Waals surface area contributed by atoms with Crippen LogP contribution in [0, 0.1) is 0 Å². The molecule has 2 heterocycles. The Balaban J connectivity index is 2.07. The first-order valence-electron chi connectivity index (χ1n) is 4.07. The van der Waals surface area contributed by atoms with E-state index in [1.165, 1.54) is 0 Å². The van der Waals surface area contributed by atoms with E-state index in [0.29, 0.717) is 0 Å². The van der Waals surface area contributed by atoms with Crippen LogP contribution in [-0.2, 0) is 9.84 Å². The van der Waals surface area contributed by atoms with E-state index in [-0.39, 0.29) is 23.6 Å². The van der Waals surface area contributed by atoms with Crippen LogP contribution in [0.25, 0.3) is 0 Å². The van der Waals surface area contributed by atoms with Crippen molar-refractivity contribution in [2.75, 3.05) is 11.5 Å². The monoisotopic (exact) mass is 278 g/mol. The summed E-state index contributed by atoms with van der Waals surface area (Å²) in [5.74, 6) is 0.226. The molecule has 0 radical (unpaired) electrons. The van der Waals surface area contributed by atoms with Gasteiger partial charge in [0.15, 0.2) is 9.84 Å². The summed E-state index contributed by atoms with van der Waals surface area (Å²) < 4.78 is 21.0. The summed E-state index contributed by atoms with van der Waals surface area (Å²) in [6, 6.07) is -0.277. The van der Waals surface area contributed by atoms with Crippen molar-refractivity contribution in [3.8, 4) is 0 Å². The van der Waals surface area contributed by atoms with Gasteiger partial charge < -0.3 is 0 Å². The van der Waals surface area contributed by atoms with E-state index in [4.69, 9.17) is 34.8 Å². The molecule has 0 aliphatic carbocycles. The highest BCUT2D eigenvalue weighted by Crippen LogP contribution is 2.33. The molecular weight excluding hydrogens is 271 g/mol. The summed E-state index contributed by atoms with van der Waals surface area (Å²) in [5.41, 5.74) is 0. The van der Waals surface area contributed by atoms with E-state index < -0.39 is 19.8 Å². The molecule has 2 fully saturated rings. The van der Waals surface area contributed by atoms with Crippen LogP contribution < -0.4 is 10.6 Å². The molecule has 82 valence electrons. The second-order valence-corrected chi connectivity index (χ2v) is 8.12. The molecule has 0 aromatic rings. The SMILES string of the molecule is O=S1(=O)C[C@@H]2NC(C(Cl)(Cl)Cl)N[C@H]2C1. The van der Waals surface area contributed by atoms with Crippen LogP contribution in [0.4, 0.5) is 0 Å². The predicted octanol–water partition coefficient (Wildman–Crippen LogP) is 0.0411. The van der Waals surface area contributed by atoms with Gasteiger partial charge in [-0.3, -0.25) is 10.6 Å². The molecule has 2 rings (SSSR count). The minimum atomic E-state index is -2.93. The minimum absolute atomic E-state index is 0.113. The predicted molar refractivity (Wildman–Crippen MR) is 56.6 cm³/mol. The summed E-state index contributed by atoms with van der Waals surface area (Å²) in [7, 11) is -2.93.